The fourth-order valence-electron chi connectivity index (χ4n) is 5.29. The number of carbonyl (C=O) groups is 1. The smallest absolute Gasteiger partial charge is 0.236 e. The summed E-state index contributed by atoms with van der Waals surface area (Å²) < 4.78 is 2.91. The van der Waals surface area contributed by atoms with Gasteiger partial charge in [0.25, 0.3) is 0 Å². The minimum Gasteiger partial charge on any atom is -0.339 e. The fourth-order valence-corrected chi connectivity index (χ4v) is 5.68. The van der Waals surface area contributed by atoms with Crippen LogP contribution in [0.15, 0.2) is 108 Å². The first-order chi connectivity index (χ1) is 18.6. The van der Waals surface area contributed by atoms with E-state index in [1.165, 1.54) is 0 Å². The number of benzene rings is 4. The Balaban J connectivity index is 1.60. The van der Waals surface area contributed by atoms with Crippen molar-refractivity contribution in [3.8, 4) is 28.2 Å². The molecule has 38 heavy (non-hydrogen) atoms. The molecule has 0 fully saturated rings. The van der Waals surface area contributed by atoms with Crippen molar-refractivity contribution in [2.24, 2.45) is 0 Å². The summed E-state index contributed by atoms with van der Waals surface area (Å²) in [5.74, 6) is -0.557. The summed E-state index contributed by atoms with van der Waals surface area (Å²) in [6, 6.07) is 33.7. The first-order valence-corrected chi connectivity index (χ1v) is 13.4. The van der Waals surface area contributed by atoms with Crippen LogP contribution in [0.3, 0.4) is 0 Å². The number of aromatic nitrogens is 3. The molecule has 0 bridgehead atoms. The number of carbonyl (C=O) groups excluding carboxylic acids is 1. The van der Waals surface area contributed by atoms with Crippen LogP contribution in [0.2, 0.25) is 5.02 Å². The molecule has 7 rings (SSSR count). The maximum atomic E-state index is 13.6. The molecular formula is C31H20BrClN4O. The summed E-state index contributed by atoms with van der Waals surface area (Å²) in [5, 5.41) is 9.74. The third-order valence-corrected chi connectivity index (χ3v) is 7.78. The number of amides is 1. The average molecular weight is 580 g/mol. The third kappa shape index (κ3) is 3.68. The summed E-state index contributed by atoms with van der Waals surface area (Å²) in [7, 11) is 0. The van der Waals surface area contributed by atoms with Gasteiger partial charge < -0.3 is 10.3 Å². The number of hydrogen-bond donors (Lipinski definition) is 2. The number of nitrogens with zero attached hydrogens (tertiary/aromatic N) is 2. The van der Waals surface area contributed by atoms with Gasteiger partial charge in [-0.1, -0.05) is 88.2 Å². The van der Waals surface area contributed by atoms with Crippen LogP contribution in [0.1, 0.15) is 17.0 Å². The maximum Gasteiger partial charge on any atom is 0.236 e. The predicted octanol–water partition coefficient (Wildman–Crippen LogP) is 8.19. The lowest BCUT2D eigenvalue weighted by Crippen LogP contribution is -2.14. The van der Waals surface area contributed by atoms with E-state index >= 15 is 0 Å². The highest BCUT2D eigenvalue weighted by molar-refractivity contribution is 9.10. The first-order valence-electron chi connectivity index (χ1n) is 12.2. The van der Waals surface area contributed by atoms with Gasteiger partial charge in [0.1, 0.15) is 11.3 Å². The number of anilines is 1. The zero-order valence-corrected chi connectivity index (χ0v) is 22.3. The molecular weight excluding hydrogens is 560 g/mol. The molecule has 0 saturated carbocycles. The largest absolute Gasteiger partial charge is 0.339 e. The Kier molecular flexibility index (Phi) is 5.46. The molecule has 0 radical (unpaired) electrons. The number of rotatable bonds is 4. The molecule has 6 aromatic rings. The molecule has 3 heterocycles. The number of H-pyrrole nitrogens is 1. The summed E-state index contributed by atoms with van der Waals surface area (Å²) in [6.45, 7) is 0. The van der Waals surface area contributed by atoms with Gasteiger partial charge >= 0.3 is 0 Å². The van der Waals surface area contributed by atoms with Crippen LogP contribution in [0, 0.1) is 0 Å². The molecule has 7 heteroatoms. The Bertz CT molecular complexity index is 1820. The van der Waals surface area contributed by atoms with Gasteiger partial charge in [0.05, 0.1) is 22.7 Å². The van der Waals surface area contributed by atoms with E-state index in [-0.39, 0.29) is 5.91 Å². The van der Waals surface area contributed by atoms with Crippen molar-refractivity contribution in [2.45, 2.75) is 5.92 Å². The van der Waals surface area contributed by atoms with Gasteiger partial charge in [0.15, 0.2) is 0 Å². The highest BCUT2D eigenvalue weighted by Gasteiger charge is 2.38. The summed E-state index contributed by atoms with van der Waals surface area (Å²) in [6.07, 6.45) is 0. The lowest BCUT2D eigenvalue weighted by molar-refractivity contribution is -0.116. The Morgan fingerprint density at radius 3 is 2.26 bits per heavy atom. The van der Waals surface area contributed by atoms with Crippen LogP contribution in [0.25, 0.3) is 39.2 Å². The minimum atomic E-state index is -0.502. The number of fused-ring (bicyclic) bond motifs is 2. The molecule has 0 spiro atoms. The van der Waals surface area contributed by atoms with E-state index in [4.69, 9.17) is 16.7 Å². The molecule has 2 N–H and O–H groups in total. The minimum absolute atomic E-state index is 0.0556. The molecule has 1 aliphatic rings. The summed E-state index contributed by atoms with van der Waals surface area (Å²) >= 11 is 9.79. The quantitative estimate of drug-likeness (QED) is 0.221. The maximum absolute atomic E-state index is 13.6. The van der Waals surface area contributed by atoms with Crippen LogP contribution in [0.5, 0.6) is 0 Å². The Morgan fingerprint density at radius 1 is 0.816 bits per heavy atom. The van der Waals surface area contributed by atoms with E-state index in [1.54, 1.807) is 0 Å². The molecule has 4 aromatic carbocycles. The summed E-state index contributed by atoms with van der Waals surface area (Å²) in [4.78, 5) is 17.3. The molecule has 1 aliphatic heterocycles. The molecule has 0 saturated heterocycles. The van der Waals surface area contributed by atoms with Gasteiger partial charge in [-0.3, -0.25) is 4.79 Å². The molecule has 2 aromatic heterocycles. The van der Waals surface area contributed by atoms with E-state index in [0.717, 1.165) is 60.5 Å². The topological polar surface area (TPSA) is 62.7 Å². The highest BCUT2D eigenvalue weighted by Crippen LogP contribution is 2.47. The molecule has 1 amide bonds. The van der Waals surface area contributed by atoms with Gasteiger partial charge in [0, 0.05) is 26.3 Å². The zero-order chi connectivity index (χ0) is 25.8. The second kappa shape index (κ2) is 9.01. The molecule has 5 nitrogen and oxygen atoms in total. The fraction of sp³-hybridized carbons (Fsp3) is 0.0323. The monoisotopic (exact) mass is 578 g/mol. The van der Waals surface area contributed by atoms with Crippen molar-refractivity contribution < 1.29 is 4.79 Å². The molecule has 184 valence electrons. The van der Waals surface area contributed by atoms with E-state index in [2.05, 4.69) is 38.4 Å². The lowest BCUT2D eigenvalue weighted by atomic mass is 9.88. The Labute approximate surface area is 232 Å². The molecule has 0 aliphatic carbocycles. The third-order valence-electron chi connectivity index (χ3n) is 7.00. The van der Waals surface area contributed by atoms with E-state index in [9.17, 15) is 4.79 Å². The van der Waals surface area contributed by atoms with Gasteiger partial charge in [-0.25, -0.2) is 4.68 Å². The SMILES string of the molecule is O=C1Nc2ccccc2C1c1c(-c2ccc(Br)cc2)[nH]c2c1c(-c1ccc(Cl)cc1)nn2-c1ccccc1. The van der Waals surface area contributed by atoms with Crippen LogP contribution >= 0.6 is 27.5 Å². The van der Waals surface area contributed by atoms with Crippen molar-refractivity contribution in [3.63, 3.8) is 0 Å². The van der Waals surface area contributed by atoms with Crippen molar-refractivity contribution >= 4 is 50.2 Å². The van der Waals surface area contributed by atoms with Gasteiger partial charge in [0.2, 0.25) is 5.91 Å². The zero-order valence-electron chi connectivity index (χ0n) is 20.0. The second-order valence-electron chi connectivity index (χ2n) is 9.26. The average Bonchev–Trinajstić information content (AvgIpc) is 3.60. The van der Waals surface area contributed by atoms with Crippen LogP contribution in [-0.2, 0) is 4.79 Å². The normalized spacial score (nSPS) is 14.6. The van der Waals surface area contributed by atoms with Gasteiger partial charge in [-0.05, 0) is 53.6 Å². The molecule has 1 unspecified atom stereocenters. The standard InChI is InChI=1S/C31H20BrClN4O/c32-20-14-10-18(11-15-20)28-26(25-23-8-4-5-9-24(23)34-31(25)38)27-29(19-12-16-21(33)17-13-19)36-37(30(27)35-28)22-6-2-1-3-7-22/h1-17,25,35H,(H,34,38). The molecule has 1 atom stereocenters. The van der Waals surface area contributed by atoms with Crippen LogP contribution in [0.4, 0.5) is 5.69 Å². The van der Waals surface area contributed by atoms with Gasteiger partial charge in [-0.2, -0.15) is 5.10 Å². The first kappa shape index (κ1) is 23.0. The Hall–Kier alpha value is -4.13. The van der Waals surface area contributed by atoms with Crippen molar-refractivity contribution in [1.29, 1.82) is 0 Å². The second-order valence-corrected chi connectivity index (χ2v) is 10.6. The van der Waals surface area contributed by atoms with E-state index < -0.39 is 5.92 Å². The number of halogens is 2. The highest BCUT2D eigenvalue weighted by atomic mass is 79.9. The van der Waals surface area contributed by atoms with Crippen LogP contribution < -0.4 is 5.32 Å². The number of para-hydroxylation sites is 2. The Morgan fingerprint density at radius 2 is 1.50 bits per heavy atom. The number of nitrogens with one attached hydrogen (secondary N) is 2. The van der Waals surface area contributed by atoms with E-state index in [1.807, 2.05) is 95.7 Å². The van der Waals surface area contributed by atoms with Crippen LogP contribution in [-0.4, -0.2) is 20.7 Å². The number of hydrogen-bond acceptors (Lipinski definition) is 2. The predicted molar refractivity (Wildman–Crippen MR) is 156 cm³/mol. The van der Waals surface area contributed by atoms with Gasteiger partial charge in [-0.15, -0.1) is 0 Å². The summed E-state index contributed by atoms with van der Waals surface area (Å²) in [5.41, 5.74) is 8.01. The van der Waals surface area contributed by atoms with Crippen molar-refractivity contribution in [1.82, 2.24) is 14.8 Å². The lowest BCUT2D eigenvalue weighted by Gasteiger charge is -2.13. The number of aromatic amines is 1. The van der Waals surface area contributed by atoms with Crippen molar-refractivity contribution in [3.05, 3.63) is 124 Å². The van der Waals surface area contributed by atoms with E-state index in [0.29, 0.717) is 5.02 Å². The van der Waals surface area contributed by atoms with Crippen molar-refractivity contribution in [2.75, 3.05) is 5.32 Å².